The Hall–Kier alpha value is -3.60. The van der Waals surface area contributed by atoms with Crippen molar-refractivity contribution >= 4 is 61.4 Å². The van der Waals surface area contributed by atoms with Gasteiger partial charge < -0.3 is 9.84 Å². The lowest BCUT2D eigenvalue weighted by molar-refractivity contribution is -0.136. The number of hydrogen-bond donors (Lipinski definition) is 2. The molecule has 0 aliphatic carbocycles. The van der Waals surface area contributed by atoms with Gasteiger partial charge in [0.05, 0.1) is 33.3 Å². The Morgan fingerprint density at radius 2 is 1.78 bits per heavy atom. The Bertz CT molecular complexity index is 1510. The van der Waals surface area contributed by atoms with E-state index in [1.165, 1.54) is 11.5 Å². The average molecular weight is 536 g/mol. The number of carbonyl (C=O) groups excluding carboxylic acids is 1. The van der Waals surface area contributed by atoms with Crippen molar-refractivity contribution in [2.45, 2.75) is 26.4 Å². The first kappa shape index (κ1) is 24.1. The number of aromatic nitrogens is 2. The second kappa shape index (κ2) is 10.2. The summed E-state index contributed by atoms with van der Waals surface area (Å²) in [6, 6.07) is 17.5. The number of carboxylic acids is 1. The standard InChI is InChI=1S/C26H21N3O4S3/c1-14-24(28-26(32)33-15(2)16-6-4-3-5-7-16)25(36-29-14)22-12-21-20(35-22)11-19(34-21)17-8-9-18(27-13-17)10-23(30)31/h3-9,11-13,15H,10H2,1-2H3,(H,28,32)(H,30,31)/t15-/m1/s1. The van der Waals surface area contributed by atoms with Crippen LogP contribution in [0.1, 0.15) is 30.0 Å². The molecule has 1 atom stereocenters. The van der Waals surface area contributed by atoms with Crippen molar-refractivity contribution < 1.29 is 19.4 Å². The molecule has 1 aromatic carbocycles. The SMILES string of the molecule is Cc1nsc(-c2cc3sc(-c4ccc(CC(=O)O)nc4)cc3s2)c1NC(=O)O[C@H](C)c1ccccc1. The summed E-state index contributed by atoms with van der Waals surface area (Å²) in [5.41, 5.74) is 3.81. The van der Waals surface area contributed by atoms with Gasteiger partial charge in [-0.25, -0.2) is 4.79 Å². The quantitative estimate of drug-likeness (QED) is 0.225. The molecule has 0 aliphatic rings. The highest BCUT2D eigenvalue weighted by Crippen LogP contribution is 2.45. The molecule has 0 fully saturated rings. The molecule has 0 bridgehead atoms. The van der Waals surface area contributed by atoms with Gasteiger partial charge >= 0.3 is 12.1 Å². The van der Waals surface area contributed by atoms with Crippen molar-refractivity contribution in [1.82, 2.24) is 9.36 Å². The highest BCUT2D eigenvalue weighted by molar-refractivity contribution is 7.32. The zero-order valence-corrected chi connectivity index (χ0v) is 21.8. The van der Waals surface area contributed by atoms with E-state index in [9.17, 15) is 9.59 Å². The number of thiophene rings is 2. The molecule has 10 heteroatoms. The number of rotatable bonds is 7. The Morgan fingerprint density at radius 1 is 1.06 bits per heavy atom. The van der Waals surface area contributed by atoms with Crippen molar-refractivity contribution in [2.75, 3.05) is 5.32 Å². The number of aliphatic carboxylic acids is 1. The van der Waals surface area contributed by atoms with E-state index in [-0.39, 0.29) is 12.5 Å². The van der Waals surface area contributed by atoms with Crippen molar-refractivity contribution in [3.05, 3.63) is 77.7 Å². The predicted molar refractivity (Wildman–Crippen MR) is 145 cm³/mol. The fourth-order valence-corrected chi connectivity index (χ4v) is 7.02. The smallest absolute Gasteiger partial charge is 0.412 e. The molecule has 0 radical (unpaired) electrons. The molecule has 2 N–H and O–H groups in total. The normalized spacial score (nSPS) is 11.9. The van der Waals surface area contributed by atoms with Crippen LogP contribution in [0.4, 0.5) is 10.5 Å². The maximum Gasteiger partial charge on any atom is 0.412 e. The molecule has 0 saturated heterocycles. The highest BCUT2D eigenvalue weighted by Gasteiger charge is 2.20. The fraction of sp³-hybridized carbons (Fsp3) is 0.154. The van der Waals surface area contributed by atoms with Crippen molar-refractivity contribution in [1.29, 1.82) is 0 Å². The van der Waals surface area contributed by atoms with Crippen LogP contribution in [-0.2, 0) is 16.0 Å². The topological polar surface area (TPSA) is 101 Å². The zero-order valence-electron chi connectivity index (χ0n) is 19.3. The zero-order chi connectivity index (χ0) is 25.2. The van der Waals surface area contributed by atoms with Gasteiger partial charge in [-0.05, 0) is 49.1 Å². The Morgan fingerprint density at radius 3 is 2.47 bits per heavy atom. The van der Waals surface area contributed by atoms with Crippen LogP contribution in [0.25, 0.3) is 29.6 Å². The highest BCUT2D eigenvalue weighted by atomic mass is 32.1. The first-order valence-corrected chi connectivity index (χ1v) is 13.5. The average Bonchev–Trinajstić information content (AvgIpc) is 3.53. The molecule has 36 heavy (non-hydrogen) atoms. The van der Waals surface area contributed by atoms with Crippen LogP contribution in [-0.4, -0.2) is 26.5 Å². The van der Waals surface area contributed by atoms with E-state index in [1.807, 2.05) is 50.2 Å². The van der Waals surface area contributed by atoms with Crippen LogP contribution in [0.3, 0.4) is 0 Å². The summed E-state index contributed by atoms with van der Waals surface area (Å²) in [7, 11) is 0. The van der Waals surface area contributed by atoms with Crippen LogP contribution in [0.15, 0.2) is 60.8 Å². The number of fused-ring (bicyclic) bond motifs is 1. The summed E-state index contributed by atoms with van der Waals surface area (Å²) in [5, 5.41) is 11.8. The van der Waals surface area contributed by atoms with Crippen LogP contribution in [0, 0.1) is 6.92 Å². The molecule has 182 valence electrons. The van der Waals surface area contributed by atoms with Crippen molar-refractivity contribution in [3.63, 3.8) is 0 Å². The molecule has 0 spiro atoms. The van der Waals surface area contributed by atoms with E-state index in [1.54, 1.807) is 34.9 Å². The summed E-state index contributed by atoms with van der Waals surface area (Å²) < 4.78 is 12.3. The van der Waals surface area contributed by atoms with Gasteiger partial charge in [0.15, 0.2) is 0 Å². The van der Waals surface area contributed by atoms with Crippen LogP contribution in [0.2, 0.25) is 0 Å². The molecule has 5 rings (SSSR count). The monoisotopic (exact) mass is 535 g/mol. The number of pyridine rings is 1. The number of benzene rings is 1. The molecule has 5 aromatic rings. The molecule has 4 heterocycles. The van der Waals surface area contributed by atoms with E-state index >= 15 is 0 Å². The Labute approximate surface area is 219 Å². The maximum atomic E-state index is 12.6. The first-order valence-electron chi connectivity index (χ1n) is 11.1. The van der Waals surface area contributed by atoms with Crippen LogP contribution in [0.5, 0.6) is 0 Å². The molecule has 1 amide bonds. The predicted octanol–water partition coefficient (Wildman–Crippen LogP) is 7.39. The van der Waals surface area contributed by atoms with Crippen molar-refractivity contribution in [2.24, 2.45) is 0 Å². The minimum absolute atomic E-state index is 0.0908. The third kappa shape index (κ3) is 5.15. The maximum absolute atomic E-state index is 12.6. The third-order valence-corrected chi connectivity index (χ3v) is 8.98. The van der Waals surface area contributed by atoms with Gasteiger partial charge in [0, 0.05) is 26.0 Å². The number of hydrogen-bond acceptors (Lipinski definition) is 8. The third-order valence-electron chi connectivity index (χ3n) is 5.52. The Balaban J connectivity index is 1.33. The number of carbonyl (C=O) groups is 2. The Kier molecular flexibility index (Phi) is 6.82. The van der Waals surface area contributed by atoms with Gasteiger partial charge in [0.1, 0.15) is 6.10 Å². The number of ether oxygens (including phenoxy) is 1. The van der Waals surface area contributed by atoms with E-state index in [2.05, 4.69) is 26.8 Å². The molecule has 4 aromatic heterocycles. The summed E-state index contributed by atoms with van der Waals surface area (Å²) in [5.74, 6) is -0.898. The number of nitrogens with one attached hydrogen (secondary N) is 1. The second-order valence-corrected chi connectivity index (χ2v) is 11.1. The molecular formula is C26H21N3O4S3. The summed E-state index contributed by atoms with van der Waals surface area (Å²) in [6.07, 6.45) is 0.729. The summed E-state index contributed by atoms with van der Waals surface area (Å²) in [4.78, 5) is 30.8. The van der Waals surface area contributed by atoms with E-state index < -0.39 is 12.1 Å². The second-order valence-electron chi connectivity index (χ2n) is 8.11. The lowest BCUT2D eigenvalue weighted by Gasteiger charge is -2.14. The lowest BCUT2D eigenvalue weighted by Crippen LogP contribution is -2.16. The number of anilines is 1. The summed E-state index contributed by atoms with van der Waals surface area (Å²) >= 11 is 4.63. The van der Waals surface area contributed by atoms with Crippen molar-refractivity contribution in [3.8, 4) is 20.2 Å². The minimum atomic E-state index is -0.898. The molecular weight excluding hydrogens is 515 g/mol. The number of nitrogens with zero attached hydrogens (tertiary/aromatic N) is 2. The number of amides is 1. The van der Waals surface area contributed by atoms with Crippen LogP contribution >= 0.6 is 34.2 Å². The first-order chi connectivity index (χ1) is 17.4. The molecule has 0 aliphatic heterocycles. The van der Waals surface area contributed by atoms with E-state index in [0.29, 0.717) is 11.4 Å². The number of aryl methyl sites for hydroxylation is 1. The molecule has 7 nitrogen and oxygen atoms in total. The van der Waals surface area contributed by atoms with E-state index in [4.69, 9.17) is 9.84 Å². The van der Waals surface area contributed by atoms with Gasteiger partial charge in [-0.2, -0.15) is 4.37 Å². The van der Waals surface area contributed by atoms with Gasteiger partial charge in [0.25, 0.3) is 0 Å². The molecule has 0 saturated carbocycles. The molecule has 0 unspecified atom stereocenters. The lowest BCUT2D eigenvalue weighted by atomic mass is 10.1. The minimum Gasteiger partial charge on any atom is -0.481 e. The summed E-state index contributed by atoms with van der Waals surface area (Å²) in [6.45, 7) is 3.71. The van der Waals surface area contributed by atoms with Crippen LogP contribution < -0.4 is 5.32 Å². The van der Waals surface area contributed by atoms with Gasteiger partial charge in [0.2, 0.25) is 0 Å². The van der Waals surface area contributed by atoms with E-state index in [0.717, 1.165) is 40.9 Å². The van der Waals surface area contributed by atoms with Gasteiger partial charge in [-0.1, -0.05) is 36.4 Å². The number of carboxylic acid groups (broad SMARTS) is 1. The fourth-order valence-electron chi connectivity index (χ4n) is 3.69. The largest absolute Gasteiger partial charge is 0.481 e. The van der Waals surface area contributed by atoms with Gasteiger partial charge in [-0.3, -0.25) is 15.1 Å². The van der Waals surface area contributed by atoms with Gasteiger partial charge in [-0.15, -0.1) is 22.7 Å².